The lowest BCUT2D eigenvalue weighted by Crippen LogP contribution is -2.32. The molecule has 6 nitrogen and oxygen atoms in total. The van der Waals surface area contributed by atoms with Gasteiger partial charge in [-0.05, 0) is 43.6 Å². The molecule has 0 unspecified atom stereocenters. The van der Waals surface area contributed by atoms with Gasteiger partial charge in [0.2, 0.25) is 0 Å². The van der Waals surface area contributed by atoms with E-state index in [-0.39, 0.29) is 10.6 Å². The molecule has 1 saturated heterocycles. The van der Waals surface area contributed by atoms with Crippen molar-refractivity contribution in [3.05, 3.63) is 70.0 Å². The van der Waals surface area contributed by atoms with E-state index in [1.165, 1.54) is 0 Å². The van der Waals surface area contributed by atoms with Crippen molar-refractivity contribution in [3.63, 3.8) is 0 Å². The Morgan fingerprint density at radius 1 is 1.12 bits per heavy atom. The number of fused-ring (bicyclic) bond motifs is 1. The van der Waals surface area contributed by atoms with Gasteiger partial charge in [0.25, 0.3) is 5.69 Å². The zero-order chi connectivity index (χ0) is 17.2. The quantitative estimate of drug-likeness (QED) is 0.580. The molecule has 1 fully saturated rings. The standard InChI is InChI=1S/C19H20N4O2/c24-23(25)16-7-5-14(6-8-16)13-22-11-9-15(10-12-22)19-20-17-3-1-2-4-18(17)21-19/h1-8,15H,9-13H2,(H,20,21). The van der Waals surface area contributed by atoms with Gasteiger partial charge in [-0.3, -0.25) is 15.0 Å². The number of para-hydroxylation sites is 2. The summed E-state index contributed by atoms with van der Waals surface area (Å²) in [7, 11) is 0. The van der Waals surface area contributed by atoms with Crippen molar-refractivity contribution in [1.82, 2.24) is 14.9 Å². The Bertz CT molecular complexity index is 847. The van der Waals surface area contributed by atoms with Crippen LogP contribution in [0.3, 0.4) is 0 Å². The van der Waals surface area contributed by atoms with Crippen LogP contribution in [-0.2, 0) is 6.54 Å². The molecule has 1 N–H and O–H groups in total. The molecule has 0 atom stereocenters. The molecule has 1 aliphatic heterocycles. The van der Waals surface area contributed by atoms with Crippen molar-refractivity contribution in [1.29, 1.82) is 0 Å². The number of benzene rings is 2. The van der Waals surface area contributed by atoms with Gasteiger partial charge in [-0.2, -0.15) is 0 Å². The summed E-state index contributed by atoms with van der Waals surface area (Å²) in [6, 6.07) is 15.0. The molecular weight excluding hydrogens is 316 g/mol. The summed E-state index contributed by atoms with van der Waals surface area (Å²) in [5.74, 6) is 1.57. The first-order valence-corrected chi connectivity index (χ1v) is 8.59. The third-order valence-corrected chi connectivity index (χ3v) is 4.94. The number of hydrogen-bond donors (Lipinski definition) is 1. The molecule has 0 amide bonds. The number of likely N-dealkylation sites (tertiary alicyclic amines) is 1. The average Bonchev–Trinajstić information content (AvgIpc) is 3.07. The molecule has 0 spiro atoms. The van der Waals surface area contributed by atoms with Crippen molar-refractivity contribution in [2.45, 2.75) is 25.3 Å². The van der Waals surface area contributed by atoms with Gasteiger partial charge in [0.1, 0.15) is 5.82 Å². The second kappa shape index (κ2) is 6.64. The molecule has 1 aromatic heterocycles. The van der Waals surface area contributed by atoms with Gasteiger partial charge in [0.05, 0.1) is 16.0 Å². The summed E-state index contributed by atoms with van der Waals surface area (Å²) < 4.78 is 0. The number of piperidine rings is 1. The lowest BCUT2D eigenvalue weighted by molar-refractivity contribution is -0.384. The SMILES string of the molecule is O=[N+]([O-])c1ccc(CN2CCC(c3nc4ccccc4[nH]3)CC2)cc1. The average molecular weight is 336 g/mol. The number of non-ortho nitro benzene ring substituents is 1. The number of imidazole rings is 1. The van der Waals surface area contributed by atoms with Crippen LogP contribution in [0.5, 0.6) is 0 Å². The molecule has 0 saturated carbocycles. The van der Waals surface area contributed by atoms with Crippen LogP contribution >= 0.6 is 0 Å². The Labute approximate surface area is 145 Å². The number of hydrogen-bond acceptors (Lipinski definition) is 4. The maximum Gasteiger partial charge on any atom is 0.269 e. The molecule has 2 heterocycles. The highest BCUT2D eigenvalue weighted by atomic mass is 16.6. The van der Waals surface area contributed by atoms with E-state index in [4.69, 9.17) is 4.98 Å². The fourth-order valence-electron chi connectivity index (χ4n) is 3.51. The van der Waals surface area contributed by atoms with Crippen molar-refractivity contribution in [2.75, 3.05) is 13.1 Å². The van der Waals surface area contributed by atoms with Crippen LogP contribution in [0.1, 0.15) is 30.1 Å². The molecular formula is C19H20N4O2. The molecule has 0 radical (unpaired) electrons. The third-order valence-electron chi connectivity index (χ3n) is 4.94. The maximum absolute atomic E-state index is 10.7. The van der Waals surface area contributed by atoms with E-state index in [0.29, 0.717) is 5.92 Å². The zero-order valence-corrected chi connectivity index (χ0v) is 13.9. The number of nitrogens with one attached hydrogen (secondary N) is 1. The molecule has 0 bridgehead atoms. The largest absolute Gasteiger partial charge is 0.342 e. The molecule has 6 heteroatoms. The monoisotopic (exact) mass is 336 g/mol. The Kier molecular flexibility index (Phi) is 4.19. The second-order valence-electron chi connectivity index (χ2n) is 6.61. The first-order valence-electron chi connectivity index (χ1n) is 8.59. The zero-order valence-electron chi connectivity index (χ0n) is 13.9. The molecule has 0 aliphatic carbocycles. The van der Waals surface area contributed by atoms with Crippen LogP contribution in [0.4, 0.5) is 5.69 Å². The Balaban J connectivity index is 1.37. The van der Waals surface area contributed by atoms with Crippen LogP contribution in [0.25, 0.3) is 11.0 Å². The van der Waals surface area contributed by atoms with Crippen LogP contribution in [-0.4, -0.2) is 32.9 Å². The van der Waals surface area contributed by atoms with E-state index in [1.807, 2.05) is 30.3 Å². The Morgan fingerprint density at radius 2 is 1.84 bits per heavy atom. The fourth-order valence-corrected chi connectivity index (χ4v) is 3.51. The number of nitrogens with zero attached hydrogens (tertiary/aromatic N) is 3. The highest BCUT2D eigenvalue weighted by Crippen LogP contribution is 2.28. The lowest BCUT2D eigenvalue weighted by Gasteiger charge is -2.31. The van der Waals surface area contributed by atoms with E-state index < -0.39 is 0 Å². The van der Waals surface area contributed by atoms with Crippen molar-refractivity contribution in [3.8, 4) is 0 Å². The van der Waals surface area contributed by atoms with Gasteiger partial charge < -0.3 is 4.98 Å². The third kappa shape index (κ3) is 3.39. The predicted molar refractivity (Wildman–Crippen MR) is 96.4 cm³/mol. The molecule has 25 heavy (non-hydrogen) atoms. The van der Waals surface area contributed by atoms with Crippen LogP contribution < -0.4 is 0 Å². The maximum atomic E-state index is 10.7. The minimum atomic E-state index is -0.359. The lowest BCUT2D eigenvalue weighted by atomic mass is 9.96. The summed E-state index contributed by atoms with van der Waals surface area (Å²) in [6.07, 6.45) is 2.15. The van der Waals surface area contributed by atoms with Gasteiger partial charge in [-0.15, -0.1) is 0 Å². The molecule has 2 aromatic carbocycles. The molecule has 1 aliphatic rings. The minimum absolute atomic E-state index is 0.146. The van der Waals surface area contributed by atoms with Gasteiger partial charge in [0.15, 0.2) is 0 Å². The normalized spacial score (nSPS) is 16.3. The number of nitro groups is 1. The first-order chi connectivity index (χ1) is 12.2. The van der Waals surface area contributed by atoms with Crippen molar-refractivity contribution >= 4 is 16.7 Å². The summed E-state index contributed by atoms with van der Waals surface area (Å²) in [5, 5.41) is 10.7. The van der Waals surface area contributed by atoms with Crippen LogP contribution in [0.15, 0.2) is 48.5 Å². The molecule has 128 valence electrons. The van der Waals surface area contributed by atoms with Crippen LogP contribution in [0, 0.1) is 10.1 Å². The summed E-state index contributed by atoms with van der Waals surface area (Å²) in [6.45, 7) is 2.86. The minimum Gasteiger partial charge on any atom is -0.342 e. The van der Waals surface area contributed by atoms with E-state index in [0.717, 1.165) is 54.9 Å². The molecule has 4 rings (SSSR count). The van der Waals surface area contributed by atoms with Gasteiger partial charge in [-0.25, -0.2) is 4.98 Å². The number of aromatic amines is 1. The summed E-state index contributed by atoms with van der Waals surface area (Å²) in [5.41, 5.74) is 3.40. The van der Waals surface area contributed by atoms with E-state index >= 15 is 0 Å². The number of H-pyrrole nitrogens is 1. The molecule has 3 aromatic rings. The smallest absolute Gasteiger partial charge is 0.269 e. The number of aromatic nitrogens is 2. The van der Waals surface area contributed by atoms with Gasteiger partial charge >= 0.3 is 0 Å². The summed E-state index contributed by atoms with van der Waals surface area (Å²) >= 11 is 0. The second-order valence-corrected chi connectivity index (χ2v) is 6.61. The highest BCUT2D eigenvalue weighted by Gasteiger charge is 2.23. The predicted octanol–water partition coefficient (Wildman–Crippen LogP) is 3.85. The van der Waals surface area contributed by atoms with Crippen LogP contribution in [0.2, 0.25) is 0 Å². The van der Waals surface area contributed by atoms with Gasteiger partial charge in [0, 0.05) is 24.6 Å². The Morgan fingerprint density at radius 3 is 2.52 bits per heavy atom. The first kappa shape index (κ1) is 15.8. The summed E-state index contributed by atoms with van der Waals surface area (Å²) in [4.78, 5) is 21.0. The number of rotatable bonds is 4. The highest BCUT2D eigenvalue weighted by molar-refractivity contribution is 5.74. The number of nitro benzene ring substituents is 1. The fraction of sp³-hybridized carbons (Fsp3) is 0.316. The van der Waals surface area contributed by atoms with Gasteiger partial charge in [-0.1, -0.05) is 24.3 Å². The topological polar surface area (TPSA) is 75.1 Å². The van der Waals surface area contributed by atoms with Crippen molar-refractivity contribution < 1.29 is 4.92 Å². The van der Waals surface area contributed by atoms with E-state index in [9.17, 15) is 10.1 Å². The Hall–Kier alpha value is -2.73. The van der Waals surface area contributed by atoms with Crippen molar-refractivity contribution in [2.24, 2.45) is 0 Å². The van der Waals surface area contributed by atoms with E-state index in [1.54, 1.807) is 12.1 Å². The van der Waals surface area contributed by atoms with E-state index in [2.05, 4.69) is 16.0 Å².